The first kappa shape index (κ1) is 22.3. The minimum atomic E-state index is -3.90. The zero-order valence-electron chi connectivity index (χ0n) is 15.5. The molecule has 28 heavy (non-hydrogen) atoms. The molecule has 0 spiro atoms. The Bertz CT molecular complexity index is 930. The summed E-state index contributed by atoms with van der Waals surface area (Å²) in [5, 5.41) is 0.422. The van der Waals surface area contributed by atoms with Crippen molar-refractivity contribution in [2.75, 3.05) is 24.8 Å². The second-order valence-corrected chi connectivity index (χ2v) is 8.38. The number of ketones is 1. The fourth-order valence-electron chi connectivity index (χ4n) is 2.53. The van der Waals surface area contributed by atoms with E-state index in [9.17, 15) is 13.2 Å². The lowest BCUT2D eigenvalue weighted by Crippen LogP contribution is -2.14. The molecule has 0 aliphatic heterocycles. The number of unbranched alkanes of at least 4 members (excludes halogenated alkanes) is 1. The van der Waals surface area contributed by atoms with Crippen LogP contribution in [0.3, 0.4) is 0 Å². The van der Waals surface area contributed by atoms with Crippen LogP contribution in [0, 0.1) is 0 Å². The highest BCUT2D eigenvalue weighted by molar-refractivity contribution is 7.92. The zero-order chi connectivity index (χ0) is 20.7. The van der Waals surface area contributed by atoms with Gasteiger partial charge in [0.1, 0.15) is 11.5 Å². The number of carbonyl (C=O) groups excluding carboxylic acids is 1. The molecule has 152 valence electrons. The minimum absolute atomic E-state index is 0.0322. The summed E-state index contributed by atoms with van der Waals surface area (Å²) in [6.45, 7) is 0. The van der Waals surface area contributed by atoms with Crippen LogP contribution in [0.1, 0.15) is 29.6 Å². The molecule has 0 saturated carbocycles. The quantitative estimate of drug-likeness (QED) is 0.324. The number of rotatable bonds is 10. The fourth-order valence-corrected chi connectivity index (χ4v) is 3.90. The summed E-state index contributed by atoms with van der Waals surface area (Å²) in [5.41, 5.74) is 0.408. The SMILES string of the molecule is COc1cc(OC)c(C(=O)CCCCCl)cc1NS(=O)(=O)c1ccc(Cl)cc1. The molecule has 0 fully saturated rings. The van der Waals surface area contributed by atoms with E-state index in [0.29, 0.717) is 29.5 Å². The number of ether oxygens (including phenoxy) is 2. The van der Waals surface area contributed by atoms with Crippen molar-refractivity contribution in [1.82, 2.24) is 0 Å². The van der Waals surface area contributed by atoms with Crippen molar-refractivity contribution >= 4 is 44.7 Å². The van der Waals surface area contributed by atoms with Crippen LogP contribution in [0.15, 0.2) is 41.3 Å². The highest BCUT2D eigenvalue weighted by Gasteiger charge is 2.21. The van der Waals surface area contributed by atoms with Crippen LogP contribution in [-0.4, -0.2) is 34.3 Å². The molecule has 0 heterocycles. The summed E-state index contributed by atoms with van der Waals surface area (Å²) in [4.78, 5) is 12.6. The van der Waals surface area contributed by atoms with Gasteiger partial charge in [-0.15, -0.1) is 11.6 Å². The number of hydrogen-bond acceptors (Lipinski definition) is 5. The number of methoxy groups -OCH3 is 2. The third-order valence-corrected chi connectivity index (χ3v) is 5.88. The summed E-state index contributed by atoms with van der Waals surface area (Å²) in [6.07, 6.45) is 1.62. The number of hydrogen-bond donors (Lipinski definition) is 1. The average Bonchev–Trinajstić information content (AvgIpc) is 2.67. The standard InChI is InChI=1S/C19H21Cl2NO5S/c1-26-18-12-19(27-2)16(11-15(18)17(23)5-3-4-10-20)22-28(24,25)14-8-6-13(21)7-9-14/h6-9,11-12,22H,3-5,10H2,1-2H3. The zero-order valence-corrected chi connectivity index (χ0v) is 17.8. The summed E-state index contributed by atoms with van der Waals surface area (Å²) >= 11 is 11.5. The van der Waals surface area contributed by atoms with E-state index in [1.807, 2.05) is 0 Å². The van der Waals surface area contributed by atoms with Gasteiger partial charge in [-0.2, -0.15) is 0 Å². The van der Waals surface area contributed by atoms with E-state index in [-0.39, 0.29) is 34.1 Å². The van der Waals surface area contributed by atoms with Gasteiger partial charge in [-0.05, 0) is 43.2 Å². The first-order chi connectivity index (χ1) is 13.3. The van der Waals surface area contributed by atoms with Gasteiger partial charge in [-0.1, -0.05) is 11.6 Å². The molecule has 1 N–H and O–H groups in total. The topological polar surface area (TPSA) is 81.7 Å². The molecular weight excluding hydrogens is 425 g/mol. The van der Waals surface area contributed by atoms with Gasteiger partial charge in [0.2, 0.25) is 0 Å². The third kappa shape index (κ3) is 5.53. The first-order valence-electron chi connectivity index (χ1n) is 8.46. The average molecular weight is 446 g/mol. The van der Waals surface area contributed by atoms with Crippen LogP contribution in [0.2, 0.25) is 5.02 Å². The Hall–Kier alpha value is -1.96. The smallest absolute Gasteiger partial charge is 0.262 e. The monoisotopic (exact) mass is 445 g/mol. The number of Topliss-reactive ketones (excluding diaryl/α,β-unsaturated/α-hetero) is 1. The molecule has 0 amide bonds. The van der Waals surface area contributed by atoms with Crippen LogP contribution >= 0.6 is 23.2 Å². The number of sulfonamides is 1. The Kier molecular flexibility index (Phi) is 7.98. The Morgan fingerprint density at radius 3 is 2.25 bits per heavy atom. The number of alkyl halides is 1. The molecule has 0 bridgehead atoms. The predicted octanol–water partition coefficient (Wildman–Crippen LogP) is 4.75. The first-order valence-corrected chi connectivity index (χ1v) is 10.9. The maximum absolute atomic E-state index is 12.7. The second-order valence-electron chi connectivity index (χ2n) is 5.88. The molecule has 0 unspecified atom stereocenters. The summed E-state index contributed by atoms with van der Waals surface area (Å²) in [7, 11) is -1.07. The van der Waals surface area contributed by atoms with Crippen molar-refractivity contribution in [3.63, 3.8) is 0 Å². The van der Waals surface area contributed by atoms with Gasteiger partial charge in [-0.3, -0.25) is 9.52 Å². The van der Waals surface area contributed by atoms with Crippen molar-refractivity contribution in [1.29, 1.82) is 0 Å². The summed E-state index contributed by atoms with van der Waals surface area (Å²) in [6, 6.07) is 8.64. The van der Waals surface area contributed by atoms with E-state index >= 15 is 0 Å². The molecule has 0 aliphatic rings. The molecule has 2 aromatic carbocycles. The van der Waals surface area contributed by atoms with Crippen molar-refractivity contribution in [2.24, 2.45) is 0 Å². The van der Waals surface area contributed by atoms with E-state index < -0.39 is 10.0 Å². The number of benzene rings is 2. The van der Waals surface area contributed by atoms with E-state index in [4.69, 9.17) is 32.7 Å². The normalized spacial score (nSPS) is 11.1. The minimum Gasteiger partial charge on any atom is -0.496 e. The van der Waals surface area contributed by atoms with Gasteiger partial charge in [-0.25, -0.2) is 8.42 Å². The maximum Gasteiger partial charge on any atom is 0.262 e. The van der Waals surface area contributed by atoms with E-state index in [1.54, 1.807) is 0 Å². The molecular formula is C19H21Cl2NO5S. The Morgan fingerprint density at radius 1 is 1.04 bits per heavy atom. The highest BCUT2D eigenvalue weighted by Crippen LogP contribution is 2.35. The van der Waals surface area contributed by atoms with Gasteiger partial charge in [0.15, 0.2) is 5.78 Å². The number of nitrogens with one attached hydrogen (secondary N) is 1. The van der Waals surface area contributed by atoms with Gasteiger partial charge in [0, 0.05) is 23.4 Å². The van der Waals surface area contributed by atoms with Crippen LogP contribution in [0.4, 0.5) is 5.69 Å². The molecule has 9 heteroatoms. The third-order valence-electron chi connectivity index (χ3n) is 3.98. The van der Waals surface area contributed by atoms with E-state index in [2.05, 4.69) is 4.72 Å². The highest BCUT2D eigenvalue weighted by atomic mass is 35.5. The molecule has 0 radical (unpaired) electrons. The van der Waals surface area contributed by atoms with E-state index in [1.165, 1.54) is 50.6 Å². The van der Waals surface area contributed by atoms with Crippen molar-refractivity contribution in [2.45, 2.75) is 24.2 Å². The van der Waals surface area contributed by atoms with Crippen LogP contribution in [0.5, 0.6) is 11.5 Å². The predicted molar refractivity (Wildman–Crippen MR) is 111 cm³/mol. The summed E-state index contributed by atoms with van der Waals surface area (Å²) < 4.78 is 38.4. The van der Waals surface area contributed by atoms with Gasteiger partial charge in [0.25, 0.3) is 10.0 Å². The number of halogens is 2. The van der Waals surface area contributed by atoms with Crippen molar-refractivity contribution < 1.29 is 22.7 Å². The number of carbonyl (C=O) groups is 1. The van der Waals surface area contributed by atoms with E-state index in [0.717, 1.165) is 0 Å². The molecule has 2 rings (SSSR count). The molecule has 0 aromatic heterocycles. The van der Waals surface area contributed by atoms with Gasteiger partial charge in [0.05, 0.1) is 30.4 Å². The number of anilines is 1. The molecule has 0 saturated heterocycles. The maximum atomic E-state index is 12.7. The fraction of sp³-hybridized carbons (Fsp3) is 0.316. The Labute approximate surface area is 174 Å². The Morgan fingerprint density at radius 2 is 1.68 bits per heavy atom. The van der Waals surface area contributed by atoms with Crippen LogP contribution in [-0.2, 0) is 10.0 Å². The second kappa shape index (κ2) is 10.0. The van der Waals surface area contributed by atoms with Crippen LogP contribution in [0.25, 0.3) is 0 Å². The van der Waals surface area contributed by atoms with Crippen molar-refractivity contribution in [3.8, 4) is 11.5 Å². The van der Waals surface area contributed by atoms with Crippen molar-refractivity contribution in [3.05, 3.63) is 47.0 Å². The molecule has 6 nitrogen and oxygen atoms in total. The molecule has 0 aliphatic carbocycles. The Balaban J connectivity index is 2.40. The largest absolute Gasteiger partial charge is 0.496 e. The molecule has 2 aromatic rings. The summed E-state index contributed by atoms with van der Waals surface area (Å²) in [5.74, 6) is 0.838. The van der Waals surface area contributed by atoms with Gasteiger partial charge < -0.3 is 9.47 Å². The van der Waals surface area contributed by atoms with Gasteiger partial charge >= 0.3 is 0 Å². The lowest BCUT2D eigenvalue weighted by molar-refractivity contribution is 0.0977. The van der Waals surface area contributed by atoms with Crippen LogP contribution < -0.4 is 14.2 Å². The lowest BCUT2D eigenvalue weighted by atomic mass is 10.0. The molecule has 0 atom stereocenters. The lowest BCUT2D eigenvalue weighted by Gasteiger charge is -2.16.